The van der Waals surface area contributed by atoms with Crippen LogP contribution in [0.15, 0.2) is 0 Å². The Kier molecular flexibility index (Phi) is 48.4. The summed E-state index contributed by atoms with van der Waals surface area (Å²) >= 11 is 0. The molecule has 0 aliphatic heterocycles. The molecular weight excluding hydrogens is 739 g/mol. The zero-order chi connectivity index (χ0) is 43.0. The second-order valence-corrected chi connectivity index (χ2v) is 17.4. The van der Waals surface area contributed by atoms with E-state index in [1.807, 2.05) is 0 Å². The number of carbonyl (C=O) groups is 2. The zero-order valence-electron chi connectivity index (χ0n) is 39.7. The van der Waals surface area contributed by atoms with Crippen LogP contribution in [-0.4, -0.2) is 80.9 Å². The second-order valence-electron chi connectivity index (χ2n) is 17.4. The van der Waals surface area contributed by atoms with Crippen LogP contribution in [0.4, 0.5) is 0 Å². The zero-order valence-corrected chi connectivity index (χ0v) is 39.7. The van der Waals surface area contributed by atoms with Crippen LogP contribution < -0.4 is 0 Å². The first kappa shape index (κ1) is 57.8. The molecule has 1 N–H and O–H groups in total. The van der Waals surface area contributed by atoms with Crippen LogP contribution in [0.3, 0.4) is 0 Å². The summed E-state index contributed by atoms with van der Waals surface area (Å²) in [5, 5.41) is 9.55. The number of nitrogens with zero attached hydrogens (tertiary/aromatic N) is 1. The van der Waals surface area contributed by atoms with Crippen LogP contribution in [0.1, 0.15) is 258 Å². The van der Waals surface area contributed by atoms with Crippen molar-refractivity contribution in [3.05, 3.63) is 0 Å². The fourth-order valence-electron chi connectivity index (χ4n) is 7.68. The highest BCUT2D eigenvalue weighted by atomic mass is 16.7. The van der Waals surface area contributed by atoms with Gasteiger partial charge in [-0.05, 0) is 77.3 Å². The first-order valence-electron chi connectivity index (χ1n) is 25.9. The van der Waals surface area contributed by atoms with Gasteiger partial charge in [0, 0.05) is 32.6 Å². The number of hydrogen-bond acceptors (Lipinski definition) is 8. The number of aliphatic hydroxyl groups is 1. The molecule has 0 aromatic rings. The molecule has 0 bridgehead atoms. The normalized spacial score (nSPS) is 11.6. The van der Waals surface area contributed by atoms with Gasteiger partial charge in [0.05, 0.1) is 19.8 Å². The molecule has 8 nitrogen and oxygen atoms in total. The van der Waals surface area contributed by atoms with Crippen LogP contribution in [0.2, 0.25) is 0 Å². The van der Waals surface area contributed by atoms with E-state index in [4.69, 9.17) is 18.9 Å². The van der Waals surface area contributed by atoms with Gasteiger partial charge < -0.3 is 29.0 Å². The Morgan fingerprint density at radius 3 is 1.10 bits per heavy atom. The number of unbranched alkanes of at least 4 members (excludes halogenated alkanes) is 28. The quantitative estimate of drug-likeness (QED) is 0.0368. The second kappa shape index (κ2) is 49.4. The minimum Gasteiger partial charge on any atom is -0.466 e. The summed E-state index contributed by atoms with van der Waals surface area (Å²) < 4.78 is 23.4. The standard InChI is InChI=1S/C51H101NO7/c1-4-7-10-13-16-19-26-36-47-58-51(59-48-37-27-20-17-14-11-8-5-2)40-31-30-39-50(55)57-46-35-28-24-33-42-52(43-44-53)41-32-23-21-22-29-38-49(54)56-45-34-25-18-15-12-9-6-3/h51,53H,4-48H2,1-3H3. The van der Waals surface area contributed by atoms with Crippen molar-refractivity contribution >= 4 is 11.9 Å². The third-order valence-electron chi connectivity index (χ3n) is 11.6. The van der Waals surface area contributed by atoms with E-state index in [9.17, 15) is 14.7 Å². The van der Waals surface area contributed by atoms with Crippen LogP contribution >= 0.6 is 0 Å². The maximum absolute atomic E-state index is 12.4. The predicted octanol–water partition coefficient (Wildman–Crippen LogP) is 14.2. The summed E-state index contributed by atoms with van der Waals surface area (Å²) in [6.07, 6.45) is 42.3. The molecule has 59 heavy (non-hydrogen) atoms. The molecule has 8 heteroatoms. The average molecular weight is 840 g/mol. The smallest absolute Gasteiger partial charge is 0.305 e. The lowest BCUT2D eigenvalue weighted by atomic mass is 10.1. The van der Waals surface area contributed by atoms with Gasteiger partial charge in [-0.1, -0.05) is 181 Å². The number of hydrogen-bond donors (Lipinski definition) is 1. The van der Waals surface area contributed by atoms with Crippen molar-refractivity contribution in [3.63, 3.8) is 0 Å². The van der Waals surface area contributed by atoms with E-state index in [2.05, 4.69) is 25.7 Å². The van der Waals surface area contributed by atoms with E-state index in [0.29, 0.717) is 26.1 Å². The van der Waals surface area contributed by atoms with Crippen LogP contribution in [0, 0.1) is 0 Å². The third-order valence-corrected chi connectivity index (χ3v) is 11.6. The summed E-state index contributed by atoms with van der Waals surface area (Å²) in [5.41, 5.74) is 0. The van der Waals surface area contributed by atoms with Crippen molar-refractivity contribution in [2.45, 2.75) is 265 Å². The fourth-order valence-corrected chi connectivity index (χ4v) is 7.68. The Morgan fingerprint density at radius 2 is 0.712 bits per heavy atom. The fraction of sp³-hybridized carbons (Fsp3) is 0.961. The van der Waals surface area contributed by atoms with Gasteiger partial charge >= 0.3 is 11.9 Å². The SMILES string of the molecule is CCCCCCCCCCOC(CCCCC(=O)OCCCCCCN(CCO)CCCCCCCC(=O)OCCCCCCCCC)OCCCCCCCCCC. The minimum atomic E-state index is -0.161. The molecule has 0 aliphatic carbocycles. The van der Waals surface area contributed by atoms with E-state index < -0.39 is 0 Å². The van der Waals surface area contributed by atoms with E-state index in [0.717, 1.165) is 136 Å². The van der Waals surface area contributed by atoms with Crippen molar-refractivity contribution in [3.8, 4) is 0 Å². The molecule has 0 aliphatic rings. The van der Waals surface area contributed by atoms with Crippen molar-refractivity contribution in [2.75, 3.05) is 52.7 Å². The molecule has 0 saturated heterocycles. The summed E-state index contributed by atoms with van der Waals surface area (Å²) in [5.74, 6) is -0.128. The lowest BCUT2D eigenvalue weighted by molar-refractivity contribution is -0.149. The number of esters is 2. The van der Waals surface area contributed by atoms with E-state index in [-0.39, 0.29) is 24.8 Å². The van der Waals surface area contributed by atoms with E-state index >= 15 is 0 Å². The Balaban J connectivity index is 3.98. The Labute approximate surface area is 366 Å². The van der Waals surface area contributed by atoms with E-state index in [1.165, 1.54) is 122 Å². The van der Waals surface area contributed by atoms with Crippen LogP contribution in [0.5, 0.6) is 0 Å². The first-order valence-corrected chi connectivity index (χ1v) is 25.9. The molecular formula is C51H101NO7. The monoisotopic (exact) mass is 840 g/mol. The van der Waals surface area contributed by atoms with Crippen molar-refractivity contribution < 1.29 is 33.6 Å². The summed E-state index contributed by atoms with van der Waals surface area (Å²) in [4.78, 5) is 26.8. The highest BCUT2D eigenvalue weighted by molar-refractivity contribution is 5.69. The van der Waals surface area contributed by atoms with Gasteiger partial charge in [-0.3, -0.25) is 9.59 Å². The maximum Gasteiger partial charge on any atom is 0.305 e. The minimum absolute atomic E-state index is 0.0391. The molecule has 0 rings (SSSR count). The number of aliphatic hydroxyl groups excluding tert-OH is 1. The summed E-state index contributed by atoms with van der Waals surface area (Å²) in [6, 6.07) is 0. The first-order chi connectivity index (χ1) is 29.1. The van der Waals surface area contributed by atoms with E-state index in [1.54, 1.807) is 0 Å². The van der Waals surface area contributed by atoms with Crippen molar-refractivity contribution in [1.29, 1.82) is 0 Å². The van der Waals surface area contributed by atoms with Gasteiger partial charge in [-0.2, -0.15) is 0 Å². The van der Waals surface area contributed by atoms with Crippen LogP contribution in [-0.2, 0) is 28.5 Å². The van der Waals surface area contributed by atoms with Gasteiger partial charge in [0.1, 0.15) is 0 Å². The molecule has 0 saturated carbocycles. The Morgan fingerprint density at radius 1 is 0.390 bits per heavy atom. The highest BCUT2D eigenvalue weighted by Crippen LogP contribution is 2.15. The summed E-state index contributed by atoms with van der Waals surface area (Å²) in [6.45, 7) is 12.3. The molecule has 0 radical (unpaired) electrons. The lowest BCUT2D eigenvalue weighted by Crippen LogP contribution is -2.29. The van der Waals surface area contributed by atoms with Gasteiger partial charge in [-0.25, -0.2) is 0 Å². The van der Waals surface area contributed by atoms with Crippen molar-refractivity contribution in [1.82, 2.24) is 4.90 Å². The number of ether oxygens (including phenoxy) is 4. The van der Waals surface area contributed by atoms with Gasteiger partial charge in [-0.15, -0.1) is 0 Å². The predicted molar refractivity (Wildman–Crippen MR) is 249 cm³/mol. The number of carbonyl (C=O) groups excluding carboxylic acids is 2. The lowest BCUT2D eigenvalue weighted by Gasteiger charge is -2.21. The highest BCUT2D eigenvalue weighted by Gasteiger charge is 2.11. The molecule has 352 valence electrons. The Hall–Kier alpha value is -1.22. The average Bonchev–Trinajstić information content (AvgIpc) is 3.23. The molecule has 0 amide bonds. The van der Waals surface area contributed by atoms with Crippen molar-refractivity contribution in [2.24, 2.45) is 0 Å². The summed E-state index contributed by atoms with van der Waals surface area (Å²) in [7, 11) is 0. The van der Waals surface area contributed by atoms with Gasteiger partial charge in [0.25, 0.3) is 0 Å². The largest absolute Gasteiger partial charge is 0.466 e. The third kappa shape index (κ3) is 46.1. The molecule has 0 atom stereocenters. The topological polar surface area (TPSA) is 94.5 Å². The molecule has 0 unspecified atom stereocenters. The Bertz CT molecular complexity index is 821. The molecule has 0 heterocycles. The van der Waals surface area contributed by atoms with Gasteiger partial charge in [0.15, 0.2) is 6.29 Å². The molecule has 0 fully saturated rings. The molecule has 0 spiro atoms. The van der Waals surface area contributed by atoms with Gasteiger partial charge in [0.2, 0.25) is 0 Å². The molecule has 0 aromatic carbocycles. The van der Waals surface area contributed by atoms with Crippen LogP contribution in [0.25, 0.3) is 0 Å². The molecule has 0 aromatic heterocycles. The number of rotatable bonds is 50. The maximum atomic E-state index is 12.4.